The van der Waals surface area contributed by atoms with E-state index < -0.39 is 0 Å². The lowest BCUT2D eigenvalue weighted by Crippen LogP contribution is -2.43. The third-order valence-corrected chi connectivity index (χ3v) is 4.05. The van der Waals surface area contributed by atoms with E-state index in [9.17, 15) is 4.79 Å². The fraction of sp³-hybridized carbons (Fsp3) is 0.800. The molecule has 1 aromatic rings. The Morgan fingerprint density at radius 2 is 2.18 bits per heavy atom. The molecule has 0 aliphatic carbocycles. The van der Waals surface area contributed by atoms with Crippen molar-refractivity contribution in [3.63, 3.8) is 0 Å². The first-order valence-electron chi connectivity index (χ1n) is 7.92. The summed E-state index contributed by atoms with van der Waals surface area (Å²) in [5.74, 6) is 1.33. The Labute approximate surface area is 131 Å². The minimum absolute atomic E-state index is 0.127. The summed E-state index contributed by atoms with van der Waals surface area (Å²) in [5.41, 5.74) is 0. The van der Waals surface area contributed by atoms with Gasteiger partial charge in [0.05, 0.1) is 0 Å². The standard InChI is InChI=1S/C15H26N4O3/c1-11(2)19-8-5-12(6-9-19)15(20)16-7-4-14-17-13(10-21-3)18-22-14/h11-12H,4-10H2,1-3H3,(H,16,20). The molecule has 2 rings (SSSR count). The summed E-state index contributed by atoms with van der Waals surface area (Å²) >= 11 is 0. The van der Waals surface area contributed by atoms with E-state index in [0.717, 1.165) is 25.9 Å². The number of ether oxygens (including phenoxy) is 1. The number of methoxy groups -OCH3 is 1. The lowest BCUT2D eigenvalue weighted by molar-refractivity contribution is -0.126. The number of carbonyl (C=O) groups is 1. The normalized spacial score (nSPS) is 17.1. The smallest absolute Gasteiger partial charge is 0.228 e. The Morgan fingerprint density at radius 3 is 2.82 bits per heavy atom. The first-order chi connectivity index (χ1) is 10.6. The van der Waals surface area contributed by atoms with Gasteiger partial charge in [0.15, 0.2) is 5.82 Å². The van der Waals surface area contributed by atoms with Crippen molar-refractivity contribution in [2.24, 2.45) is 5.92 Å². The number of amides is 1. The second-order valence-electron chi connectivity index (χ2n) is 5.98. The molecule has 7 nitrogen and oxygen atoms in total. The molecule has 124 valence electrons. The van der Waals surface area contributed by atoms with Crippen LogP contribution in [0.4, 0.5) is 0 Å². The predicted octanol–water partition coefficient (Wildman–Crippen LogP) is 0.995. The van der Waals surface area contributed by atoms with Crippen molar-refractivity contribution < 1.29 is 14.1 Å². The number of rotatable bonds is 7. The van der Waals surface area contributed by atoms with Crippen LogP contribution in [0.2, 0.25) is 0 Å². The minimum atomic E-state index is 0.127. The molecule has 1 N–H and O–H groups in total. The lowest BCUT2D eigenvalue weighted by atomic mass is 9.95. The van der Waals surface area contributed by atoms with Crippen LogP contribution < -0.4 is 5.32 Å². The van der Waals surface area contributed by atoms with E-state index in [1.54, 1.807) is 7.11 Å². The molecule has 0 saturated carbocycles. The Hall–Kier alpha value is -1.47. The summed E-state index contributed by atoms with van der Waals surface area (Å²) in [5, 5.41) is 6.76. The van der Waals surface area contributed by atoms with Crippen LogP contribution in [-0.4, -0.2) is 53.7 Å². The van der Waals surface area contributed by atoms with Crippen molar-refractivity contribution in [2.75, 3.05) is 26.7 Å². The van der Waals surface area contributed by atoms with Gasteiger partial charge in [-0.2, -0.15) is 4.98 Å². The van der Waals surface area contributed by atoms with Crippen molar-refractivity contribution in [1.82, 2.24) is 20.4 Å². The van der Waals surface area contributed by atoms with Gasteiger partial charge < -0.3 is 19.5 Å². The summed E-state index contributed by atoms with van der Waals surface area (Å²) < 4.78 is 10.0. The number of hydrogen-bond donors (Lipinski definition) is 1. The van der Waals surface area contributed by atoms with Crippen LogP contribution >= 0.6 is 0 Å². The van der Waals surface area contributed by atoms with Gasteiger partial charge in [-0.3, -0.25) is 4.79 Å². The molecule has 1 fully saturated rings. The maximum Gasteiger partial charge on any atom is 0.228 e. The summed E-state index contributed by atoms with van der Waals surface area (Å²) in [6, 6.07) is 0.558. The summed E-state index contributed by atoms with van der Waals surface area (Å²) in [6.07, 6.45) is 2.42. The molecule has 1 aliphatic rings. The number of carbonyl (C=O) groups excluding carboxylic acids is 1. The third-order valence-electron chi connectivity index (χ3n) is 4.05. The highest BCUT2D eigenvalue weighted by Crippen LogP contribution is 2.18. The van der Waals surface area contributed by atoms with E-state index in [1.165, 1.54) is 0 Å². The van der Waals surface area contributed by atoms with Crippen LogP contribution in [0.5, 0.6) is 0 Å². The van der Waals surface area contributed by atoms with Gasteiger partial charge in [-0.15, -0.1) is 0 Å². The Kier molecular flexibility index (Phi) is 6.33. The van der Waals surface area contributed by atoms with Crippen LogP contribution in [0.1, 0.15) is 38.4 Å². The van der Waals surface area contributed by atoms with Gasteiger partial charge >= 0.3 is 0 Å². The molecule has 0 spiro atoms. The Balaban J connectivity index is 1.67. The van der Waals surface area contributed by atoms with Crippen molar-refractivity contribution in [1.29, 1.82) is 0 Å². The van der Waals surface area contributed by atoms with E-state index in [2.05, 4.69) is 34.2 Å². The zero-order valence-corrected chi connectivity index (χ0v) is 13.7. The van der Waals surface area contributed by atoms with Crippen molar-refractivity contribution in [3.05, 3.63) is 11.7 Å². The fourth-order valence-electron chi connectivity index (χ4n) is 2.69. The summed E-state index contributed by atoms with van der Waals surface area (Å²) in [6.45, 7) is 7.26. The molecule has 0 aromatic carbocycles. The largest absolute Gasteiger partial charge is 0.377 e. The Morgan fingerprint density at radius 1 is 1.45 bits per heavy atom. The van der Waals surface area contributed by atoms with Crippen LogP contribution in [0.15, 0.2) is 4.52 Å². The van der Waals surface area contributed by atoms with E-state index in [0.29, 0.717) is 37.3 Å². The predicted molar refractivity (Wildman–Crippen MR) is 81.2 cm³/mol. The highest BCUT2D eigenvalue weighted by atomic mass is 16.5. The second-order valence-corrected chi connectivity index (χ2v) is 5.98. The quantitative estimate of drug-likeness (QED) is 0.809. The number of piperidine rings is 1. The van der Waals surface area contributed by atoms with Crippen LogP contribution in [0, 0.1) is 5.92 Å². The lowest BCUT2D eigenvalue weighted by Gasteiger charge is -2.33. The molecular weight excluding hydrogens is 284 g/mol. The fourth-order valence-corrected chi connectivity index (χ4v) is 2.69. The number of nitrogens with one attached hydrogen (secondary N) is 1. The molecule has 7 heteroatoms. The van der Waals surface area contributed by atoms with Crippen molar-refractivity contribution >= 4 is 5.91 Å². The first kappa shape index (κ1) is 16.9. The molecule has 1 aromatic heterocycles. The minimum Gasteiger partial charge on any atom is -0.377 e. The SMILES string of the molecule is COCc1noc(CCNC(=O)C2CCN(C(C)C)CC2)n1. The zero-order chi connectivity index (χ0) is 15.9. The molecule has 2 heterocycles. The van der Waals surface area contributed by atoms with Gasteiger partial charge in [0, 0.05) is 32.0 Å². The maximum absolute atomic E-state index is 12.2. The van der Waals surface area contributed by atoms with E-state index in [1.807, 2.05) is 0 Å². The van der Waals surface area contributed by atoms with Gasteiger partial charge in [-0.1, -0.05) is 5.16 Å². The number of aromatic nitrogens is 2. The highest BCUT2D eigenvalue weighted by molar-refractivity contribution is 5.78. The Bertz CT molecular complexity index is 467. The third kappa shape index (κ3) is 4.78. The number of nitrogens with zero attached hydrogens (tertiary/aromatic N) is 3. The molecule has 0 radical (unpaired) electrons. The zero-order valence-electron chi connectivity index (χ0n) is 13.7. The summed E-state index contributed by atoms with van der Waals surface area (Å²) in [4.78, 5) is 18.8. The first-order valence-corrected chi connectivity index (χ1v) is 7.92. The monoisotopic (exact) mass is 310 g/mol. The summed E-state index contributed by atoms with van der Waals surface area (Å²) in [7, 11) is 1.58. The topological polar surface area (TPSA) is 80.5 Å². The van der Waals surface area contributed by atoms with E-state index in [4.69, 9.17) is 9.26 Å². The molecule has 1 saturated heterocycles. The average Bonchev–Trinajstić information content (AvgIpc) is 2.95. The van der Waals surface area contributed by atoms with Crippen LogP contribution in [0.3, 0.4) is 0 Å². The molecule has 1 aliphatic heterocycles. The van der Waals surface area contributed by atoms with E-state index >= 15 is 0 Å². The molecule has 0 unspecified atom stereocenters. The van der Waals surface area contributed by atoms with Gasteiger partial charge in [-0.25, -0.2) is 0 Å². The number of hydrogen-bond acceptors (Lipinski definition) is 6. The van der Waals surface area contributed by atoms with Gasteiger partial charge in [0.2, 0.25) is 11.8 Å². The average molecular weight is 310 g/mol. The van der Waals surface area contributed by atoms with Gasteiger partial charge in [0.25, 0.3) is 0 Å². The molecule has 0 bridgehead atoms. The maximum atomic E-state index is 12.2. The molecule has 1 amide bonds. The van der Waals surface area contributed by atoms with Gasteiger partial charge in [-0.05, 0) is 39.8 Å². The van der Waals surface area contributed by atoms with Crippen molar-refractivity contribution in [2.45, 2.75) is 45.8 Å². The molecule has 0 atom stereocenters. The van der Waals surface area contributed by atoms with Crippen LogP contribution in [-0.2, 0) is 22.6 Å². The van der Waals surface area contributed by atoms with E-state index in [-0.39, 0.29) is 11.8 Å². The van der Waals surface area contributed by atoms with Crippen molar-refractivity contribution in [3.8, 4) is 0 Å². The molecular formula is C15H26N4O3. The van der Waals surface area contributed by atoms with Crippen LogP contribution in [0.25, 0.3) is 0 Å². The second kappa shape index (κ2) is 8.24. The number of likely N-dealkylation sites (tertiary alicyclic amines) is 1. The highest BCUT2D eigenvalue weighted by Gasteiger charge is 2.25. The van der Waals surface area contributed by atoms with Gasteiger partial charge in [0.1, 0.15) is 6.61 Å². The molecule has 22 heavy (non-hydrogen) atoms.